The summed E-state index contributed by atoms with van der Waals surface area (Å²) in [5, 5.41) is 3.16. The third-order valence-electron chi connectivity index (χ3n) is 3.46. The van der Waals surface area contributed by atoms with Gasteiger partial charge in [0.05, 0.1) is 0 Å². The number of benzene rings is 1. The minimum atomic E-state index is -0.114. The molecule has 2 rings (SSSR count). The predicted molar refractivity (Wildman–Crippen MR) is 75.8 cm³/mol. The summed E-state index contributed by atoms with van der Waals surface area (Å²) in [4.78, 5) is 11.9. The Hall–Kier alpha value is -1.35. The molecule has 0 aliphatic carbocycles. The monoisotopic (exact) mass is 261 g/mol. The van der Waals surface area contributed by atoms with Crippen LogP contribution in [0.3, 0.4) is 0 Å². The van der Waals surface area contributed by atoms with Crippen LogP contribution in [0.2, 0.25) is 0 Å². The number of hydrogen-bond acceptors (Lipinski definition) is 3. The van der Waals surface area contributed by atoms with Gasteiger partial charge >= 0.3 is 5.97 Å². The molecule has 1 saturated heterocycles. The number of hydrogen-bond donors (Lipinski definition) is 1. The molecular formula is C16H23NO2. The third-order valence-corrected chi connectivity index (χ3v) is 3.46. The van der Waals surface area contributed by atoms with Crippen molar-refractivity contribution in [2.45, 2.75) is 45.8 Å². The summed E-state index contributed by atoms with van der Waals surface area (Å²) >= 11 is 0. The van der Waals surface area contributed by atoms with Crippen LogP contribution in [0.25, 0.3) is 0 Å². The molecule has 1 N–H and O–H groups in total. The zero-order valence-electron chi connectivity index (χ0n) is 11.8. The summed E-state index contributed by atoms with van der Waals surface area (Å²) < 4.78 is 5.43. The van der Waals surface area contributed by atoms with Gasteiger partial charge in [-0.3, -0.25) is 4.79 Å². The molecule has 1 atom stereocenters. The second-order valence-electron chi connectivity index (χ2n) is 5.62. The van der Waals surface area contributed by atoms with Gasteiger partial charge in [-0.05, 0) is 42.9 Å². The molecule has 1 aliphatic rings. The number of esters is 1. The van der Waals surface area contributed by atoms with Crippen molar-refractivity contribution in [3.63, 3.8) is 0 Å². The summed E-state index contributed by atoms with van der Waals surface area (Å²) in [7, 11) is 0. The largest absolute Gasteiger partial charge is 0.460 e. The van der Waals surface area contributed by atoms with E-state index >= 15 is 0 Å². The number of rotatable bonds is 5. The highest BCUT2D eigenvalue weighted by molar-refractivity contribution is 5.76. The SMILES string of the molecule is CC(C)Cc1ccccc1COC(=O)C1CCCN1. The summed E-state index contributed by atoms with van der Waals surface area (Å²) in [6, 6.07) is 8.11. The smallest absolute Gasteiger partial charge is 0.323 e. The molecule has 1 heterocycles. The third kappa shape index (κ3) is 4.06. The normalized spacial score (nSPS) is 18.8. The fourth-order valence-electron chi connectivity index (χ4n) is 2.47. The molecule has 1 unspecified atom stereocenters. The van der Waals surface area contributed by atoms with Gasteiger partial charge in [0.25, 0.3) is 0 Å². The summed E-state index contributed by atoms with van der Waals surface area (Å²) in [6.45, 7) is 5.71. The number of nitrogens with one attached hydrogen (secondary N) is 1. The van der Waals surface area contributed by atoms with Crippen molar-refractivity contribution in [2.75, 3.05) is 6.54 Å². The predicted octanol–water partition coefficient (Wildman–Crippen LogP) is 2.68. The van der Waals surface area contributed by atoms with Crippen LogP contribution < -0.4 is 5.32 Å². The maximum absolute atomic E-state index is 11.9. The lowest BCUT2D eigenvalue weighted by Gasteiger charge is -2.14. The first kappa shape index (κ1) is 14.1. The van der Waals surface area contributed by atoms with E-state index in [9.17, 15) is 4.79 Å². The summed E-state index contributed by atoms with van der Waals surface area (Å²) in [6.07, 6.45) is 2.98. The van der Waals surface area contributed by atoms with E-state index in [4.69, 9.17) is 4.74 Å². The van der Waals surface area contributed by atoms with Gasteiger partial charge in [0, 0.05) is 0 Å². The fraction of sp³-hybridized carbons (Fsp3) is 0.562. The van der Waals surface area contributed by atoms with Crippen LogP contribution in [0.1, 0.15) is 37.8 Å². The minimum absolute atomic E-state index is 0.0998. The molecule has 19 heavy (non-hydrogen) atoms. The Labute approximate surface area is 115 Å². The first-order valence-corrected chi connectivity index (χ1v) is 7.13. The van der Waals surface area contributed by atoms with Crippen LogP contribution in [0.4, 0.5) is 0 Å². The van der Waals surface area contributed by atoms with E-state index in [0.717, 1.165) is 31.4 Å². The van der Waals surface area contributed by atoms with Crippen molar-refractivity contribution in [1.29, 1.82) is 0 Å². The van der Waals surface area contributed by atoms with E-state index in [-0.39, 0.29) is 12.0 Å². The quantitative estimate of drug-likeness (QED) is 0.828. The topological polar surface area (TPSA) is 38.3 Å². The van der Waals surface area contributed by atoms with Gasteiger partial charge in [-0.1, -0.05) is 38.1 Å². The van der Waals surface area contributed by atoms with Crippen molar-refractivity contribution >= 4 is 5.97 Å². The lowest BCUT2D eigenvalue weighted by Crippen LogP contribution is -2.32. The van der Waals surface area contributed by atoms with Gasteiger partial charge in [-0.15, -0.1) is 0 Å². The van der Waals surface area contributed by atoms with Crippen molar-refractivity contribution in [2.24, 2.45) is 5.92 Å². The lowest BCUT2D eigenvalue weighted by molar-refractivity contribution is -0.147. The Morgan fingerprint density at radius 3 is 2.74 bits per heavy atom. The summed E-state index contributed by atoms with van der Waals surface area (Å²) in [5.41, 5.74) is 2.41. The molecule has 0 radical (unpaired) electrons. The Balaban J connectivity index is 1.93. The van der Waals surface area contributed by atoms with E-state index < -0.39 is 0 Å². The van der Waals surface area contributed by atoms with Crippen LogP contribution in [0.15, 0.2) is 24.3 Å². The highest BCUT2D eigenvalue weighted by atomic mass is 16.5. The molecule has 0 bridgehead atoms. The van der Waals surface area contributed by atoms with Crippen LogP contribution >= 0.6 is 0 Å². The second kappa shape index (κ2) is 6.71. The molecule has 1 aliphatic heterocycles. The Morgan fingerprint density at radius 2 is 2.11 bits per heavy atom. The van der Waals surface area contributed by atoms with Gasteiger partial charge in [-0.25, -0.2) is 0 Å². The number of ether oxygens (including phenoxy) is 1. The zero-order valence-corrected chi connectivity index (χ0v) is 11.8. The van der Waals surface area contributed by atoms with Gasteiger partial charge in [-0.2, -0.15) is 0 Å². The van der Waals surface area contributed by atoms with Crippen LogP contribution in [0, 0.1) is 5.92 Å². The van der Waals surface area contributed by atoms with E-state index in [1.165, 1.54) is 5.56 Å². The van der Waals surface area contributed by atoms with Gasteiger partial charge in [0.1, 0.15) is 12.6 Å². The van der Waals surface area contributed by atoms with Crippen LogP contribution in [-0.4, -0.2) is 18.6 Å². The van der Waals surface area contributed by atoms with Crippen molar-refractivity contribution in [1.82, 2.24) is 5.32 Å². The lowest BCUT2D eigenvalue weighted by atomic mass is 9.98. The molecule has 0 amide bonds. The summed E-state index contributed by atoms with van der Waals surface area (Å²) in [5.74, 6) is 0.491. The number of carbonyl (C=O) groups excluding carboxylic acids is 1. The molecule has 104 valence electrons. The Bertz CT molecular complexity index is 423. The van der Waals surface area contributed by atoms with E-state index in [2.05, 4.69) is 25.2 Å². The standard InChI is InChI=1S/C16H23NO2/c1-12(2)10-13-6-3-4-7-14(13)11-19-16(18)15-8-5-9-17-15/h3-4,6-7,12,15,17H,5,8-11H2,1-2H3. The molecule has 3 nitrogen and oxygen atoms in total. The number of carbonyl (C=O) groups is 1. The van der Waals surface area contributed by atoms with Gasteiger partial charge < -0.3 is 10.1 Å². The molecule has 1 fully saturated rings. The minimum Gasteiger partial charge on any atom is -0.460 e. The average Bonchev–Trinajstić information content (AvgIpc) is 2.90. The van der Waals surface area contributed by atoms with Crippen molar-refractivity contribution in [3.05, 3.63) is 35.4 Å². The fourth-order valence-corrected chi connectivity index (χ4v) is 2.47. The Kier molecular flexibility index (Phi) is 4.97. The van der Waals surface area contributed by atoms with E-state index in [1.807, 2.05) is 18.2 Å². The van der Waals surface area contributed by atoms with E-state index in [1.54, 1.807) is 0 Å². The maximum atomic E-state index is 11.9. The highest BCUT2D eigenvalue weighted by Crippen LogP contribution is 2.16. The van der Waals surface area contributed by atoms with Crippen LogP contribution in [-0.2, 0) is 22.6 Å². The molecule has 0 spiro atoms. The molecule has 3 heteroatoms. The van der Waals surface area contributed by atoms with Gasteiger partial charge in [0.2, 0.25) is 0 Å². The zero-order chi connectivity index (χ0) is 13.7. The van der Waals surface area contributed by atoms with E-state index in [0.29, 0.717) is 12.5 Å². The molecule has 0 saturated carbocycles. The highest BCUT2D eigenvalue weighted by Gasteiger charge is 2.23. The van der Waals surface area contributed by atoms with Gasteiger partial charge in [0.15, 0.2) is 0 Å². The average molecular weight is 261 g/mol. The second-order valence-corrected chi connectivity index (χ2v) is 5.62. The molecular weight excluding hydrogens is 238 g/mol. The Morgan fingerprint density at radius 1 is 1.37 bits per heavy atom. The first-order valence-electron chi connectivity index (χ1n) is 7.13. The molecule has 1 aromatic rings. The van der Waals surface area contributed by atoms with Crippen molar-refractivity contribution in [3.8, 4) is 0 Å². The maximum Gasteiger partial charge on any atom is 0.323 e. The first-order chi connectivity index (χ1) is 9.16. The van der Waals surface area contributed by atoms with Crippen molar-refractivity contribution < 1.29 is 9.53 Å². The molecule has 1 aromatic carbocycles. The molecule has 0 aromatic heterocycles. The van der Waals surface area contributed by atoms with Crippen LogP contribution in [0.5, 0.6) is 0 Å².